The van der Waals surface area contributed by atoms with Crippen molar-refractivity contribution < 1.29 is 23.5 Å². The summed E-state index contributed by atoms with van der Waals surface area (Å²) in [6, 6.07) is 5.83. The number of ether oxygens (including phenoxy) is 2. The highest BCUT2D eigenvalue weighted by Crippen LogP contribution is 2.35. The highest BCUT2D eigenvalue weighted by Gasteiger charge is 2.33. The number of aromatic nitrogens is 2. The fraction of sp³-hybridized carbons (Fsp3) is 0.529. The Morgan fingerprint density at radius 3 is 3.00 bits per heavy atom. The molecule has 0 amide bonds. The average Bonchev–Trinajstić information content (AvgIpc) is 2.64. The molecule has 0 saturated carbocycles. The summed E-state index contributed by atoms with van der Waals surface area (Å²) in [5.74, 6) is 1.61. The van der Waals surface area contributed by atoms with E-state index in [9.17, 15) is 4.57 Å². The van der Waals surface area contributed by atoms with Crippen molar-refractivity contribution in [3.05, 3.63) is 24.5 Å². The van der Waals surface area contributed by atoms with Crippen LogP contribution >= 0.6 is 8.25 Å². The summed E-state index contributed by atoms with van der Waals surface area (Å²) in [5, 5.41) is 0.956. The van der Waals surface area contributed by atoms with Gasteiger partial charge >= 0.3 is 8.25 Å². The molecule has 1 aliphatic rings. The van der Waals surface area contributed by atoms with Crippen LogP contribution in [-0.4, -0.2) is 48.5 Å². The zero-order valence-corrected chi connectivity index (χ0v) is 15.8. The number of para-hydroxylation sites is 1. The SMILES string of the molecule is COc1cccc2c(N3CCC[C@@](C)(COCO[P+](=O)O)C3)ncnc12. The third-order valence-corrected chi connectivity index (χ3v) is 4.93. The molecule has 0 spiro atoms. The zero-order chi connectivity index (χ0) is 18.6. The van der Waals surface area contributed by atoms with Crippen molar-refractivity contribution in [2.75, 3.05) is 38.5 Å². The van der Waals surface area contributed by atoms with E-state index in [1.54, 1.807) is 13.4 Å². The van der Waals surface area contributed by atoms with Gasteiger partial charge in [0.1, 0.15) is 23.4 Å². The molecule has 1 unspecified atom stereocenters. The molecule has 0 radical (unpaired) electrons. The highest BCUT2D eigenvalue weighted by molar-refractivity contribution is 7.32. The summed E-state index contributed by atoms with van der Waals surface area (Å²) < 4.78 is 26.0. The predicted molar refractivity (Wildman–Crippen MR) is 97.4 cm³/mol. The van der Waals surface area contributed by atoms with Crippen LogP contribution in [-0.2, 0) is 13.8 Å². The van der Waals surface area contributed by atoms with Gasteiger partial charge in [-0.15, -0.1) is 4.89 Å². The van der Waals surface area contributed by atoms with Gasteiger partial charge in [0.25, 0.3) is 0 Å². The van der Waals surface area contributed by atoms with Crippen LogP contribution in [0.25, 0.3) is 10.9 Å². The molecule has 140 valence electrons. The van der Waals surface area contributed by atoms with Gasteiger partial charge in [-0.05, 0) is 25.0 Å². The standard InChI is InChI=1S/C17H22N3O5P/c1-17(10-24-12-25-26(21)22)7-4-8-20(9-17)16-13-5-3-6-14(23-2)15(13)18-11-19-16/h3,5-6,11H,4,7-10,12H2,1-2H3/p+1/t17-/m1/s1. The van der Waals surface area contributed by atoms with E-state index in [4.69, 9.17) is 14.4 Å². The van der Waals surface area contributed by atoms with E-state index in [0.717, 1.165) is 48.4 Å². The Morgan fingerprint density at radius 2 is 2.23 bits per heavy atom. The van der Waals surface area contributed by atoms with Gasteiger partial charge in [-0.2, -0.15) is 0 Å². The number of methoxy groups -OCH3 is 1. The molecular formula is C17H23N3O5P+. The van der Waals surface area contributed by atoms with Gasteiger partial charge in [-0.3, -0.25) is 0 Å². The van der Waals surface area contributed by atoms with Crippen LogP contribution in [0.3, 0.4) is 0 Å². The Hall–Kier alpha value is -1.86. The summed E-state index contributed by atoms with van der Waals surface area (Å²) in [5.41, 5.74) is 0.697. The largest absolute Gasteiger partial charge is 0.697 e. The molecule has 2 atom stereocenters. The summed E-state index contributed by atoms with van der Waals surface area (Å²) in [4.78, 5) is 19.8. The van der Waals surface area contributed by atoms with Gasteiger partial charge in [0.05, 0.1) is 13.7 Å². The summed E-state index contributed by atoms with van der Waals surface area (Å²) in [6.45, 7) is 4.07. The second-order valence-corrected chi connectivity index (χ2v) is 7.46. The van der Waals surface area contributed by atoms with Gasteiger partial charge < -0.3 is 14.4 Å². The van der Waals surface area contributed by atoms with Crippen LogP contribution in [0.15, 0.2) is 24.5 Å². The van der Waals surface area contributed by atoms with Crippen LogP contribution in [0.5, 0.6) is 5.75 Å². The van der Waals surface area contributed by atoms with Crippen molar-refractivity contribution >= 4 is 25.0 Å². The Morgan fingerprint density at radius 1 is 1.38 bits per heavy atom. The molecular weight excluding hydrogens is 357 g/mol. The van der Waals surface area contributed by atoms with E-state index >= 15 is 0 Å². The van der Waals surface area contributed by atoms with Crippen molar-refractivity contribution in [1.82, 2.24) is 9.97 Å². The Kier molecular flexibility index (Phi) is 5.98. The van der Waals surface area contributed by atoms with Crippen LogP contribution < -0.4 is 9.64 Å². The Labute approximate surface area is 153 Å². The number of piperidine rings is 1. The molecule has 2 aromatic rings. The monoisotopic (exact) mass is 380 g/mol. The normalized spacial score (nSPS) is 21.0. The lowest BCUT2D eigenvalue weighted by molar-refractivity contribution is -0.0310. The average molecular weight is 380 g/mol. The fourth-order valence-corrected chi connectivity index (χ4v) is 3.61. The molecule has 1 fully saturated rings. The van der Waals surface area contributed by atoms with Gasteiger partial charge in [-0.1, -0.05) is 17.5 Å². The van der Waals surface area contributed by atoms with E-state index in [1.807, 2.05) is 18.2 Å². The first-order valence-electron chi connectivity index (χ1n) is 8.42. The van der Waals surface area contributed by atoms with Crippen molar-refractivity contribution in [1.29, 1.82) is 0 Å². The Bertz CT molecular complexity index is 790. The van der Waals surface area contributed by atoms with Crippen molar-refractivity contribution in [3.8, 4) is 5.75 Å². The van der Waals surface area contributed by atoms with E-state index < -0.39 is 8.25 Å². The number of rotatable bonds is 7. The minimum Gasteiger partial charge on any atom is -0.494 e. The molecule has 26 heavy (non-hydrogen) atoms. The second-order valence-electron chi connectivity index (χ2n) is 6.72. The van der Waals surface area contributed by atoms with Crippen LogP contribution in [0.4, 0.5) is 5.82 Å². The molecule has 1 aromatic carbocycles. The van der Waals surface area contributed by atoms with Gasteiger partial charge in [0.2, 0.25) is 6.79 Å². The van der Waals surface area contributed by atoms with Crippen molar-refractivity contribution in [2.24, 2.45) is 5.41 Å². The van der Waals surface area contributed by atoms with E-state index in [0.29, 0.717) is 6.61 Å². The first kappa shape index (κ1) is 18.9. The lowest BCUT2D eigenvalue weighted by atomic mass is 9.82. The summed E-state index contributed by atoms with van der Waals surface area (Å²) >= 11 is 0. The second kappa shape index (κ2) is 8.22. The molecule has 3 rings (SSSR count). The molecule has 0 bridgehead atoms. The first-order chi connectivity index (χ1) is 12.5. The summed E-state index contributed by atoms with van der Waals surface area (Å²) in [6.07, 6.45) is 3.57. The summed E-state index contributed by atoms with van der Waals surface area (Å²) in [7, 11) is -0.997. The number of benzene rings is 1. The number of nitrogens with zero attached hydrogens (tertiary/aromatic N) is 3. The molecule has 9 heteroatoms. The Balaban J connectivity index is 1.77. The number of fused-ring (bicyclic) bond motifs is 1. The van der Waals surface area contributed by atoms with Gasteiger partial charge in [0.15, 0.2) is 0 Å². The predicted octanol–water partition coefficient (Wildman–Crippen LogP) is 2.89. The number of hydrogen-bond donors (Lipinski definition) is 1. The van der Waals surface area contributed by atoms with Gasteiger partial charge in [0, 0.05) is 28.5 Å². The first-order valence-corrected chi connectivity index (χ1v) is 9.55. The molecule has 1 saturated heterocycles. The smallest absolute Gasteiger partial charge is 0.494 e. The fourth-order valence-electron chi connectivity index (χ4n) is 3.45. The van der Waals surface area contributed by atoms with Crippen molar-refractivity contribution in [2.45, 2.75) is 19.8 Å². The van der Waals surface area contributed by atoms with E-state index in [1.165, 1.54) is 0 Å². The molecule has 8 nitrogen and oxygen atoms in total. The number of anilines is 1. The van der Waals surface area contributed by atoms with Crippen LogP contribution in [0.1, 0.15) is 19.8 Å². The molecule has 0 aliphatic carbocycles. The van der Waals surface area contributed by atoms with Crippen LogP contribution in [0.2, 0.25) is 0 Å². The third kappa shape index (κ3) is 4.27. The molecule has 1 N–H and O–H groups in total. The third-order valence-electron chi connectivity index (χ3n) is 4.60. The maximum absolute atomic E-state index is 10.6. The van der Waals surface area contributed by atoms with Crippen LogP contribution in [0, 0.1) is 5.41 Å². The van der Waals surface area contributed by atoms with Crippen molar-refractivity contribution in [3.63, 3.8) is 0 Å². The maximum atomic E-state index is 10.6. The highest BCUT2D eigenvalue weighted by atomic mass is 31.1. The van der Waals surface area contributed by atoms with E-state index in [-0.39, 0.29) is 12.2 Å². The lowest BCUT2D eigenvalue weighted by Crippen LogP contribution is -2.44. The van der Waals surface area contributed by atoms with Gasteiger partial charge in [-0.25, -0.2) is 9.97 Å². The maximum Gasteiger partial charge on any atom is 0.697 e. The molecule has 2 heterocycles. The molecule has 1 aliphatic heterocycles. The topological polar surface area (TPSA) is 94.0 Å². The molecule has 1 aromatic heterocycles. The lowest BCUT2D eigenvalue weighted by Gasteiger charge is -2.41. The minimum absolute atomic E-state index is 0.0984. The number of hydrogen-bond acceptors (Lipinski definition) is 7. The quantitative estimate of drug-likeness (QED) is 0.445. The minimum atomic E-state index is -2.63. The van der Waals surface area contributed by atoms with E-state index in [2.05, 4.69) is 26.3 Å². The zero-order valence-electron chi connectivity index (χ0n) is 14.9.